The lowest BCUT2D eigenvalue weighted by Crippen LogP contribution is -2.58. The maximum absolute atomic E-state index is 13.7. The summed E-state index contributed by atoms with van der Waals surface area (Å²) in [6, 6.07) is 5.81. The van der Waals surface area contributed by atoms with Gasteiger partial charge in [-0.15, -0.1) is 0 Å². The molecule has 6 rings (SSSR count). The number of oxazole rings is 1. The van der Waals surface area contributed by atoms with Crippen LogP contribution in [0.2, 0.25) is 5.02 Å². The molecule has 218 valence electrons. The molecule has 2 aromatic heterocycles. The first-order chi connectivity index (χ1) is 19.6. The summed E-state index contributed by atoms with van der Waals surface area (Å²) in [5.74, 6) is -0.611. The third-order valence-electron chi connectivity index (χ3n) is 7.74. The van der Waals surface area contributed by atoms with Crippen molar-refractivity contribution in [3.63, 3.8) is 0 Å². The van der Waals surface area contributed by atoms with Crippen LogP contribution in [0.1, 0.15) is 28.6 Å². The van der Waals surface area contributed by atoms with Gasteiger partial charge >= 0.3 is 5.91 Å². The van der Waals surface area contributed by atoms with Gasteiger partial charge in [0.25, 0.3) is 15.9 Å². The molecule has 2 fully saturated rings. The summed E-state index contributed by atoms with van der Waals surface area (Å²) in [7, 11) is -2.35. The number of morpholine rings is 1. The van der Waals surface area contributed by atoms with Crippen molar-refractivity contribution in [3.05, 3.63) is 46.6 Å². The zero-order chi connectivity index (χ0) is 28.9. The molecule has 13 nitrogen and oxygen atoms in total. The van der Waals surface area contributed by atoms with Crippen LogP contribution in [0.3, 0.4) is 0 Å². The Morgan fingerprint density at radius 3 is 2.71 bits per heavy atom. The molecule has 0 bridgehead atoms. The van der Waals surface area contributed by atoms with Crippen molar-refractivity contribution in [2.45, 2.75) is 30.5 Å². The van der Waals surface area contributed by atoms with Crippen molar-refractivity contribution in [3.8, 4) is 0 Å². The van der Waals surface area contributed by atoms with Crippen LogP contribution in [0.25, 0.3) is 10.9 Å². The van der Waals surface area contributed by atoms with Crippen LogP contribution in [0.5, 0.6) is 0 Å². The number of amides is 3. The number of hydrogen-bond acceptors (Lipinski definition) is 8. The summed E-state index contributed by atoms with van der Waals surface area (Å²) >= 11 is 6.08. The number of rotatable bonds is 5. The minimum Gasteiger partial charge on any atom is -0.435 e. The number of aromatic nitrogens is 2. The van der Waals surface area contributed by atoms with Gasteiger partial charge in [-0.25, -0.2) is 13.4 Å². The number of carbonyl (C=O) groups excluding carboxylic acids is 3. The Labute approximate surface area is 241 Å². The predicted molar refractivity (Wildman–Crippen MR) is 146 cm³/mol. The molecule has 3 aromatic rings. The van der Waals surface area contributed by atoms with E-state index in [4.69, 9.17) is 20.8 Å². The van der Waals surface area contributed by atoms with Crippen LogP contribution < -0.4 is 0 Å². The smallest absolute Gasteiger partial charge is 0.310 e. The third kappa shape index (κ3) is 5.32. The number of nitrogens with zero attached hydrogens (tertiary/aromatic N) is 5. The molecule has 5 heterocycles. The minimum atomic E-state index is -3.99. The van der Waals surface area contributed by atoms with E-state index < -0.39 is 22.0 Å². The van der Waals surface area contributed by atoms with Gasteiger partial charge < -0.3 is 28.8 Å². The number of benzene rings is 1. The zero-order valence-electron chi connectivity index (χ0n) is 22.3. The van der Waals surface area contributed by atoms with E-state index in [0.717, 1.165) is 0 Å². The second-order valence-corrected chi connectivity index (χ2v) is 12.7. The lowest BCUT2D eigenvalue weighted by molar-refractivity contribution is -0.136. The maximum Gasteiger partial charge on any atom is 0.310 e. The first-order valence-corrected chi connectivity index (χ1v) is 15.1. The van der Waals surface area contributed by atoms with Gasteiger partial charge in [-0.05, 0) is 24.3 Å². The van der Waals surface area contributed by atoms with Gasteiger partial charge in [-0.2, -0.15) is 4.31 Å². The molecule has 0 aliphatic carbocycles. The number of fused-ring (bicyclic) bond motifs is 2. The van der Waals surface area contributed by atoms with E-state index in [1.807, 2.05) is 0 Å². The molecule has 15 heteroatoms. The molecule has 2 saturated heterocycles. The Balaban J connectivity index is 1.27. The number of hydrogen-bond donors (Lipinski definition) is 1. The van der Waals surface area contributed by atoms with Gasteiger partial charge in [0, 0.05) is 62.1 Å². The summed E-state index contributed by atoms with van der Waals surface area (Å²) < 4.78 is 39.8. The highest BCUT2D eigenvalue weighted by Crippen LogP contribution is 2.28. The van der Waals surface area contributed by atoms with E-state index in [9.17, 15) is 22.8 Å². The fourth-order valence-electron chi connectivity index (χ4n) is 5.43. The lowest BCUT2D eigenvalue weighted by atomic mass is 10.1. The molecule has 0 spiro atoms. The van der Waals surface area contributed by atoms with Crippen LogP contribution in [-0.4, -0.2) is 114 Å². The number of piperazine rings is 1. The van der Waals surface area contributed by atoms with Crippen molar-refractivity contribution < 1.29 is 32.0 Å². The summed E-state index contributed by atoms with van der Waals surface area (Å²) in [4.78, 5) is 50.9. The monoisotopic (exact) mass is 604 g/mol. The topological polar surface area (TPSA) is 149 Å². The normalized spacial score (nSPS) is 20.5. The Morgan fingerprint density at radius 1 is 1.15 bits per heavy atom. The number of aromatic amines is 1. The minimum absolute atomic E-state index is 0.00182. The van der Waals surface area contributed by atoms with Gasteiger partial charge in [0.15, 0.2) is 0 Å². The second kappa shape index (κ2) is 10.7. The molecular weight excluding hydrogens is 576 g/mol. The van der Waals surface area contributed by atoms with Gasteiger partial charge in [0.1, 0.15) is 10.8 Å². The molecule has 1 atom stereocenters. The van der Waals surface area contributed by atoms with E-state index in [2.05, 4.69) is 9.97 Å². The average molecular weight is 605 g/mol. The number of halogens is 1. The van der Waals surface area contributed by atoms with Crippen molar-refractivity contribution >= 4 is 50.2 Å². The van der Waals surface area contributed by atoms with Crippen molar-refractivity contribution in [2.24, 2.45) is 0 Å². The number of nitrogens with one attached hydrogen (secondary N) is 1. The largest absolute Gasteiger partial charge is 0.435 e. The quantitative estimate of drug-likeness (QED) is 0.455. The van der Waals surface area contributed by atoms with Crippen molar-refractivity contribution in [1.29, 1.82) is 0 Å². The lowest BCUT2D eigenvalue weighted by Gasteiger charge is -2.40. The number of H-pyrrole nitrogens is 1. The van der Waals surface area contributed by atoms with Gasteiger partial charge in [0.2, 0.25) is 11.8 Å². The van der Waals surface area contributed by atoms with Crippen LogP contribution in [0.15, 0.2) is 33.7 Å². The number of carbonyl (C=O) groups is 3. The summed E-state index contributed by atoms with van der Waals surface area (Å²) in [5, 5.41) is 1.14. The first kappa shape index (κ1) is 27.7. The highest BCUT2D eigenvalue weighted by molar-refractivity contribution is 7.89. The molecule has 0 saturated carbocycles. The Hall–Kier alpha value is -3.46. The molecule has 41 heavy (non-hydrogen) atoms. The second-order valence-electron chi connectivity index (χ2n) is 10.4. The molecular formula is C26H29ClN6O7S. The average Bonchev–Trinajstić information content (AvgIpc) is 3.57. The Morgan fingerprint density at radius 2 is 1.93 bits per heavy atom. The van der Waals surface area contributed by atoms with Crippen molar-refractivity contribution in [2.75, 3.05) is 53.0 Å². The van der Waals surface area contributed by atoms with E-state index in [-0.39, 0.29) is 61.8 Å². The standard InChI is InChI=1S/C26H29ClN6O7S/c1-30-15-21-20(13-23(30)34)29-25(40-21)26(36)33-5-4-32(14-18(33)12-24(35)31-6-8-39-9-7-31)41(37,38)22-11-16-10-17(27)2-3-19(16)28-22/h2-3,10-11,18,28H,4-9,12-15H2,1H3. The summed E-state index contributed by atoms with van der Waals surface area (Å²) in [6.07, 6.45) is -0.0506. The number of sulfonamides is 1. The van der Waals surface area contributed by atoms with Crippen LogP contribution in [0.4, 0.5) is 0 Å². The highest BCUT2D eigenvalue weighted by Gasteiger charge is 2.40. The van der Waals surface area contributed by atoms with Crippen LogP contribution in [0, 0.1) is 0 Å². The van der Waals surface area contributed by atoms with E-state index in [1.165, 1.54) is 20.2 Å². The molecule has 1 unspecified atom stereocenters. The number of ether oxygens (including phenoxy) is 1. The summed E-state index contributed by atoms with van der Waals surface area (Å²) in [5.41, 5.74) is 1.04. The number of likely N-dealkylation sites (N-methyl/N-ethyl adjacent to an activating group) is 1. The van der Waals surface area contributed by atoms with Gasteiger partial charge in [-0.3, -0.25) is 14.4 Å². The molecule has 3 amide bonds. The Kier molecular flexibility index (Phi) is 7.26. The van der Waals surface area contributed by atoms with Crippen molar-refractivity contribution in [1.82, 2.24) is 29.0 Å². The molecule has 1 N–H and O–H groups in total. The molecule has 0 radical (unpaired) electrons. The Bertz CT molecular complexity index is 1630. The molecule has 3 aliphatic heterocycles. The highest BCUT2D eigenvalue weighted by atomic mass is 35.5. The zero-order valence-corrected chi connectivity index (χ0v) is 23.9. The molecule has 3 aliphatic rings. The fourth-order valence-corrected chi connectivity index (χ4v) is 7.09. The maximum atomic E-state index is 13.7. The van der Waals surface area contributed by atoms with Crippen LogP contribution >= 0.6 is 11.6 Å². The van der Waals surface area contributed by atoms with Gasteiger partial charge in [-0.1, -0.05) is 11.6 Å². The van der Waals surface area contributed by atoms with E-state index in [0.29, 0.717) is 53.7 Å². The predicted octanol–water partition coefficient (Wildman–Crippen LogP) is 1.09. The molecule has 1 aromatic carbocycles. The van der Waals surface area contributed by atoms with E-state index >= 15 is 0 Å². The fraction of sp³-hybridized carbons (Fsp3) is 0.462. The van der Waals surface area contributed by atoms with E-state index in [1.54, 1.807) is 30.1 Å². The van der Waals surface area contributed by atoms with Gasteiger partial charge in [0.05, 0.1) is 37.9 Å². The SMILES string of the molecule is CN1Cc2oc(C(=O)N3CCN(S(=O)(=O)c4cc5cc(Cl)ccc5[nH]4)CC3CC(=O)N3CCOCC3)nc2CC1=O. The summed E-state index contributed by atoms with van der Waals surface area (Å²) in [6.45, 7) is 1.82. The third-order valence-corrected chi connectivity index (χ3v) is 9.76. The first-order valence-electron chi connectivity index (χ1n) is 13.3. The van der Waals surface area contributed by atoms with Crippen LogP contribution in [-0.2, 0) is 37.3 Å².